The predicted octanol–water partition coefficient (Wildman–Crippen LogP) is 4.43. The van der Waals surface area contributed by atoms with Crippen LogP contribution >= 0.6 is 23.2 Å². The second-order valence-electron chi connectivity index (χ2n) is 5.59. The van der Waals surface area contributed by atoms with Crippen molar-refractivity contribution in [1.82, 2.24) is 10.3 Å². The molecule has 116 valence electrons. The van der Waals surface area contributed by atoms with Crippen LogP contribution in [0.25, 0.3) is 0 Å². The van der Waals surface area contributed by atoms with Crippen molar-refractivity contribution in [1.29, 1.82) is 0 Å². The second kappa shape index (κ2) is 6.86. The van der Waals surface area contributed by atoms with E-state index in [-0.39, 0.29) is 6.10 Å². The number of hydrogen-bond acceptors (Lipinski definition) is 3. The summed E-state index contributed by atoms with van der Waals surface area (Å²) in [6.45, 7) is 3.86. The van der Waals surface area contributed by atoms with Crippen molar-refractivity contribution in [2.75, 3.05) is 13.1 Å². The molecule has 0 radical (unpaired) electrons. The number of nitrogens with zero attached hydrogens (tertiary/aromatic N) is 1. The van der Waals surface area contributed by atoms with E-state index >= 15 is 0 Å². The molecule has 5 heteroatoms. The van der Waals surface area contributed by atoms with E-state index in [4.69, 9.17) is 27.9 Å². The minimum atomic E-state index is -0.111. The van der Waals surface area contributed by atoms with Gasteiger partial charge in [-0.2, -0.15) is 0 Å². The van der Waals surface area contributed by atoms with Crippen molar-refractivity contribution in [3.63, 3.8) is 0 Å². The number of aryl methyl sites for hydroxylation is 1. The van der Waals surface area contributed by atoms with Gasteiger partial charge in [-0.1, -0.05) is 35.3 Å². The van der Waals surface area contributed by atoms with Gasteiger partial charge in [-0.15, -0.1) is 0 Å². The minimum absolute atomic E-state index is 0.111. The topological polar surface area (TPSA) is 34.1 Å². The fraction of sp³-hybridized carbons (Fsp3) is 0.353. The third-order valence-electron chi connectivity index (χ3n) is 4.03. The lowest BCUT2D eigenvalue weighted by Crippen LogP contribution is -2.21. The van der Waals surface area contributed by atoms with Gasteiger partial charge in [0.1, 0.15) is 6.10 Å². The van der Waals surface area contributed by atoms with E-state index in [0.717, 1.165) is 30.6 Å². The zero-order valence-corrected chi connectivity index (χ0v) is 13.9. The molecule has 0 aliphatic carbocycles. The summed E-state index contributed by atoms with van der Waals surface area (Å²) in [7, 11) is 0. The first-order chi connectivity index (χ1) is 10.7. The number of nitrogens with one attached hydrogen (secondary N) is 1. The molecule has 3 rings (SSSR count). The summed E-state index contributed by atoms with van der Waals surface area (Å²) in [5.41, 5.74) is 2.00. The fourth-order valence-electron chi connectivity index (χ4n) is 2.78. The Morgan fingerprint density at radius 1 is 1.32 bits per heavy atom. The normalized spacial score (nSPS) is 19.1. The number of benzene rings is 1. The average Bonchev–Trinajstić information content (AvgIpc) is 3.06. The van der Waals surface area contributed by atoms with Gasteiger partial charge in [0.25, 0.3) is 0 Å². The van der Waals surface area contributed by atoms with Gasteiger partial charge in [0.15, 0.2) is 5.75 Å². The Balaban J connectivity index is 1.95. The molecule has 1 unspecified atom stereocenters. The van der Waals surface area contributed by atoms with Gasteiger partial charge >= 0.3 is 0 Å². The third kappa shape index (κ3) is 3.22. The number of pyridine rings is 1. The van der Waals surface area contributed by atoms with Crippen LogP contribution in [0.15, 0.2) is 36.7 Å². The van der Waals surface area contributed by atoms with E-state index in [1.807, 2.05) is 37.4 Å². The Hall–Kier alpha value is -1.29. The molecule has 0 amide bonds. The van der Waals surface area contributed by atoms with Crippen molar-refractivity contribution in [2.24, 2.45) is 5.92 Å². The van der Waals surface area contributed by atoms with Crippen molar-refractivity contribution in [3.05, 3.63) is 57.8 Å². The maximum atomic E-state index is 6.40. The molecule has 22 heavy (non-hydrogen) atoms. The van der Waals surface area contributed by atoms with Crippen molar-refractivity contribution in [2.45, 2.75) is 19.4 Å². The first kappa shape index (κ1) is 15.6. The van der Waals surface area contributed by atoms with E-state index < -0.39 is 0 Å². The molecule has 3 nitrogen and oxygen atoms in total. The van der Waals surface area contributed by atoms with Crippen LogP contribution in [0.1, 0.15) is 23.7 Å². The van der Waals surface area contributed by atoms with Gasteiger partial charge in [-0.25, -0.2) is 0 Å². The summed E-state index contributed by atoms with van der Waals surface area (Å²) >= 11 is 12.7. The molecule has 0 saturated carbocycles. The summed E-state index contributed by atoms with van der Waals surface area (Å²) in [6, 6.07) is 7.68. The highest BCUT2D eigenvalue weighted by Crippen LogP contribution is 2.40. The van der Waals surface area contributed by atoms with Crippen LogP contribution in [0.5, 0.6) is 5.75 Å². The van der Waals surface area contributed by atoms with E-state index in [1.165, 1.54) is 0 Å². The molecule has 1 aliphatic rings. The molecule has 1 N–H and O–H groups in total. The van der Waals surface area contributed by atoms with E-state index in [2.05, 4.69) is 10.3 Å². The smallest absolute Gasteiger partial charge is 0.157 e. The van der Waals surface area contributed by atoms with Gasteiger partial charge in [0, 0.05) is 30.4 Å². The Bertz CT molecular complexity index is 643. The predicted molar refractivity (Wildman–Crippen MR) is 89.8 cm³/mol. The van der Waals surface area contributed by atoms with E-state index in [0.29, 0.717) is 21.7 Å². The van der Waals surface area contributed by atoms with Gasteiger partial charge in [0.05, 0.1) is 10.0 Å². The molecule has 1 saturated heterocycles. The van der Waals surface area contributed by atoms with Gasteiger partial charge < -0.3 is 10.1 Å². The number of ether oxygens (including phenoxy) is 1. The summed E-state index contributed by atoms with van der Waals surface area (Å²) in [5, 5.41) is 4.50. The van der Waals surface area contributed by atoms with Gasteiger partial charge in [-0.3, -0.25) is 4.98 Å². The van der Waals surface area contributed by atoms with Crippen LogP contribution in [0.4, 0.5) is 0 Å². The lowest BCUT2D eigenvalue weighted by atomic mass is 9.96. The fourth-order valence-corrected chi connectivity index (χ4v) is 3.24. The highest BCUT2D eigenvalue weighted by molar-refractivity contribution is 6.37. The van der Waals surface area contributed by atoms with Crippen molar-refractivity contribution >= 4 is 23.2 Å². The van der Waals surface area contributed by atoms with Crippen LogP contribution < -0.4 is 10.1 Å². The first-order valence-electron chi connectivity index (χ1n) is 7.38. The van der Waals surface area contributed by atoms with E-state index in [1.54, 1.807) is 6.20 Å². The van der Waals surface area contributed by atoms with Crippen LogP contribution in [-0.2, 0) is 0 Å². The van der Waals surface area contributed by atoms with Crippen molar-refractivity contribution in [3.8, 4) is 5.75 Å². The molecule has 1 aromatic carbocycles. The maximum Gasteiger partial charge on any atom is 0.157 e. The Kier molecular flexibility index (Phi) is 4.87. The van der Waals surface area contributed by atoms with Crippen LogP contribution in [0, 0.1) is 12.8 Å². The standard InChI is InChI=1S/C17H18Cl2N2O/c1-11-4-5-14(18)17(15(11)19)22-16(13-6-8-21-10-13)12-3-2-7-20-9-12/h2-5,7,9,13,16,21H,6,8,10H2,1H3/t13-,16?/m0/s1. The monoisotopic (exact) mass is 336 g/mol. The SMILES string of the molecule is Cc1ccc(Cl)c(OC(c2cccnc2)[C@H]2CCNC2)c1Cl. The maximum absolute atomic E-state index is 6.40. The molecule has 2 aromatic rings. The molecular formula is C17H18Cl2N2O. The lowest BCUT2D eigenvalue weighted by molar-refractivity contribution is 0.144. The Morgan fingerprint density at radius 3 is 2.86 bits per heavy atom. The molecule has 2 heterocycles. The quantitative estimate of drug-likeness (QED) is 0.896. The number of aromatic nitrogens is 1. The minimum Gasteiger partial charge on any atom is -0.482 e. The number of halogens is 2. The zero-order valence-electron chi connectivity index (χ0n) is 12.4. The summed E-state index contributed by atoms with van der Waals surface area (Å²) in [5.74, 6) is 0.931. The lowest BCUT2D eigenvalue weighted by Gasteiger charge is -2.26. The molecule has 1 aromatic heterocycles. The zero-order chi connectivity index (χ0) is 15.5. The summed E-state index contributed by atoms with van der Waals surface area (Å²) < 4.78 is 6.28. The van der Waals surface area contributed by atoms with Crippen LogP contribution in [0.3, 0.4) is 0 Å². The second-order valence-corrected chi connectivity index (χ2v) is 6.37. The first-order valence-corrected chi connectivity index (χ1v) is 8.14. The highest BCUT2D eigenvalue weighted by Gasteiger charge is 2.29. The average molecular weight is 337 g/mol. The summed E-state index contributed by atoms with van der Waals surface area (Å²) in [6.07, 6.45) is 4.56. The van der Waals surface area contributed by atoms with Gasteiger partial charge in [0.2, 0.25) is 0 Å². The Morgan fingerprint density at radius 2 is 2.18 bits per heavy atom. The number of hydrogen-bond donors (Lipinski definition) is 1. The van der Waals surface area contributed by atoms with Gasteiger partial charge in [-0.05, 0) is 37.6 Å². The van der Waals surface area contributed by atoms with Crippen LogP contribution in [0.2, 0.25) is 10.0 Å². The van der Waals surface area contributed by atoms with E-state index in [9.17, 15) is 0 Å². The Labute approximate surface area is 140 Å². The molecule has 0 spiro atoms. The molecule has 1 fully saturated rings. The summed E-state index contributed by atoms with van der Waals surface area (Å²) in [4.78, 5) is 4.21. The number of rotatable bonds is 4. The highest BCUT2D eigenvalue weighted by atomic mass is 35.5. The molecule has 1 aliphatic heterocycles. The largest absolute Gasteiger partial charge is 0.482 e. The molecule has 0 bridgehead atoms. The molecule has 2 atom stereocenters. The molecular weight excluding hydrogens is 319 g/mol. The van der Waals surface area contributed by atoms with Crippen LogP contribution in [-0.4, -0.2) is 18.1 Å². The third-order valence-corrected chi connectivity index (χ3v) is 4.79. The van der Waals surface area contributed by atoms with Crippen molar-refractivity contribution < 1.29 is 4.74 Å².